The van der Waals surface area contributed by atoms with Gasteiger partial charge in [-0.1, -0.05) is 60.7 Å². The molecule has 0 spiro atoms. The largest absolute Gasteiger partial charge is 0.299 e. The summed E-state index contributed by atoms with van der Waals surface area (Å²) in [6.45, 7) is 6.66. The second-order valence-corrected chi connectivity index (χ2v) is 11.5. The Labute approximate surface area is 229 Å². The Morgan fingerprint density at radius 2 is 1.39 bits per heavy atom. The highest BCUT2D eigenvalue weighted by molar-refractivity contribution is 5.96. The van der Waals surface area contributed by atoms with Gasteiger partial charge < -0.3 is 0 Å². The first-order valence-electron chi connectivity index (χ1n) is 14.7. The Morgan fingerprint density at radius 3 is 2.13 bits per heavy atom. The zero-order valence-electron chi connectivity index (χ0n) is 22.8. The number of likely N-dealkylation sites (tertiary alicyclic amines) is 2. The first kappa shape index (κ1) is 26.8. The van der Waals surface area contributed by atoms with E-state index in [-0.39, 0.29) is 0 Å². The van der Waals surface area contributed by atoms with Crippen molar-refractivity contribution < 1.29 is 4.79 Å². The van der Waals surface area contributed by atoms with Crippen molar-refractivity contribution in [3.8, 4) is 0 Å². The molecular weight excluding hydrogens is 466 g/mol. The summed E-state index contributed by atoms with van der Waals surface area (Å²) >= 11 is 0. The second-order valence-electron chi connectivity index (χ2n) is 11.5. The molecule has 0 bridgehead atoms. The summed E-state index contributed by atoms with van der Waals surface area (Å²) in [4.78, 5) is 22.3. The molecule has 1 aromatic heterocycles. The predicted octanol–water partition coefficient (Wildman–Crippen LogP) is 6.80. The quantitative estimate of drug-likeness (QED) is 0.282. The Kier molecular flexibility index (Phi) is 9.74. The monoisotopic (exact) mass is 509 g/mol. The van der Waals surface area contributed by atoms with Crippen molar-refractivity contribution in [2.45, 2.75) is 64.5 Å². The van der Waals surface area contributed by atoms with Crippen LogP contribution < -0.4 is 0 Å². The van der Waals surface area contributed by atoms with Gasteiger partial charge in [-0.05, 0) is 106 Å². The molecule has 2 aliphatic heterocycles. The van der Waals surface area contributed by atoms with Gasteiger partial charge in [0.2, 0.25) is 0 Å². The molecule has 200 valence electrons. The minimum atomic E-state index is 0.306. The molecule has 0 saturated carbocycles. The zero-order chi connectivity index (χ0) is 26.0. The van der Waals surface area contributed by atoms with Crippen molar-refractivity contribution in [2.24, 2.45) is 11.8 Å². The van der Waals surface area contributed by atoms with E-state index in [0.29, 0.717) is 18.1 Å². The fraction of sp³-hybridized carbons (Fsp3) is 0.471. The lowest BCUT2D eigenvalue weighted by molar-refractivity contribution is 0.0961. The molecule has 2 aliphatic rings. The van der Waals surface area contributed by atoms with Gasteiger partial charge in [0.25, 0.3) is 0 Å². The van der Waals surface area contributed by atoms with Crippen molar-refractivity contribution in [2.75, 3.05) is 26.2 Å². The van der Waals surface area contributed by atoms with E-state index in [1.54, 1.807) is 0 Å². The molecule has 4 heteroatoms. The van der Waals surface area contributed by atoms with Crippen LogP contribution in [0, 0.1) is 11.8 Å². The minimum Gasteiger partial charge on any atom is -0.299 e. The fourth-order valence-electron chi connectivity index (χ4n) is 6.25. The fourth-order valence-corrected chi connectivity index (χ4v) is 6.25. The molecular formula is C34H43N3O. The molecule has 5 rings (SSSR count). The molecule has 0 N–H and O–H groups in total. The van der Waals surface area contributed by atoms with E-state index < -0.39 is 0 Å². The maximum absolute atomic E-state index is 12.9. The van der Waals surface area contributed by atoms with Gasteiger partial charge in [0, 0.05) is 37.5 Å². The smallest absolute Gasteiger partial charge is 0.162 e. The van der Waals surface area contributed by atoms with Gasteiger partial charge in [-0.3, -0.25) is 19.6 Å². The number of nitrogens with zero attached hydrogens (tertiary/aromatic N) is 3. The van der Waals surface area contributed by atoms with E-state index >= 15 is 0 Å². The molecule has 1 unspecified atom stereocenters. The van der Waals surface area contributed by atoms with E-state index in [4.69, 9.17) is 0 Å². The third-order valence-electron chi connectivity index (χ3n) is 8.61. The SMILES string of the molecule is O=C(CCC1CCN(Cc2cccnc2)CC1)c1ccc(CC2CCCN(Cc3ccccc3)CC2)cc1. The number of piperidine rings is 1. The van der Waals surface area contributed by atoms with Crippen molar-refractivity contribution in [1.82, 2.24) is 14.8 Å². The number of carbonyl (C=O) groups excluding carboxylic acids is 1. The number of Topliss-reactive ketones (excluding diaryl/α,β-unsaturated/α-hetero) is 1. The molecule has 1 atom stereocenters. The first-order valence-corrected chi connectivity index (χ1v) is 14.7. The normalized spacial score (nSPS) is 19.7. The van der Waals surface area contributed by atoms with Crippen LogP contribution in [-0.2, 0) is 19.5 Å². The van der Waals surface area contributed by atoms with E-state index in [2.05, 4.69) is 75.4 Å². The summed E-state index contributed by atoms with van der Waals surface area (Å²) in [6.07, 6.45) is 12.8. The standard InChI is InChI=1S/C34H43N3O/c38-34(15-12-28-16-21-37(22-17-28)27-32-8-4-19-35-25-32)33-13-10-30(11-14-33)24-29-9-5-20-36(23-18-29)26-31-6-2-1-3-7-31/h1-4,6-8,10-11,13-14,19,25,28-29H,5,9,12,15-18,20-24,26-27H2. The number of hydrogen-bond acceptors (Lipinski definition) is 4. The summed E-state index contributed by atoms with van der Waals surface area (Å²) < 4.78 is 0. The maximum atomic E-state index is 12.9. The summed E-state index contributed by atoms with van der Waals surface area (Å²) in [5, 5.41) is 0. The highest BCUT2D eigenvalue weighted by atomic mass is 16.1. The van der Waals surface area contributed by atoms with Gasteiger partial charge in [-0.25, -0.2) is 0 Å². The summed E-state index contributed by atoms with van der Waals surface area (Å²) in [6, 6.07) is 23.6. The Balaban J connectivity index is 1.02. The molecule has 3 aromatic rings. The highest BCUT2D eigenvalue weighted by Crippen LogP contribution is 2.25. The Bertz CT molecular complexity index is 1110. The topological polar surface area (TPSA) is 36.4 Å². The number of ketones is 1. The number of carbonyl (C=O) groups is 1. The molecule has 0 aliphatic carbocycles. The van der Waals surface area contributed by atoms with Crippen LogP contribution in [0.15, 0.2) is 79.1 Å². The van der Waals surface area contributed by atoms with Gasteiger partial charge in [-0.2, -0.15) is 0 Å². The molecule has 2 saturated heterocycles. The lowest BCUT2D eigenvalue weighted by Crippen LogP contribution is -2.33. The number of pyridine rings is 1. The van der Waals surface area contributed by atoms with Gasteiger partial charge in [-0.15, -0.1) is 0 Å². The summed E-state index contributed by atoms with van der Waals surface area (Å²) in [7, 11) is 0. The van der Waals surface area contributed by atoms with Gasteiger partial charge >= 0.3 is 0 Å². The first-order chi connectivity index (χ1) is 18.7. The molecule has 4 nitrogen and oxygen atoms in total. The van der Waals surface area contributed by atoms with Crippen molar-refractivity contribution in [1.29, 1.82) is 0 Å². The maximum Gasteiger partial charge on any atom is 0.162 e. The number of benzene rings is 2. The highest BCUT2D eigenvalue weighted by Gasteiger charge is 2.21. The molecule has 2 aromatic carbocycles. The number of aromatic nitrogens is 1. The van der Waals surface area contributed by atoms with E-state index in [0.717, 1.165) is 50.5 Å². The lowest BCUT2D eigenvalue weighted by atomic mass is 9.89. The third-order valence-corrected chi connectivity index (χ3v) is 8.61. The average molecular weight is 510 g/mol. The molecule has 0 amide bonds. The van der Waals surface area contributed by atoms with Crippen LogP contribution in [0.25, 0.3) is 0 Å². The Morgan fingerprint density at radius 1 is 0.711 bits per heavy atom. The van der Waals surface area contributed by atoms with E-state index in [9.17, 15) is 4.79 Å². The van der Waals surface area contributed by atoms with Gasteiger partial charge in [0.05, 0.1) is 0 Å². The molecule has 2 fully saturated rings. The van der Waals surface area contributed by atoms with Crippen LogP contribution in [0.2, 0.25) is 0 Å². The minimum absolute atomic E-state index is 0.306. The van der Waals surface area contributed by atoms with Crippen LogP contribution in [0.1, 0.15) is 72.0 Å². The molecule has 0 radical (unpaired) electrons. The zero-order valence-corrected chi connectivity index (χ0v) is 22.8. The molecule has 38 heavy (non-hydrogen) atoms. The summed E-state index contributed by atoms with van der Waals surface area (Å²) in [5.41, 5.74) is 4.97. The number of hydrogen-bond donors (Lipinski definition) is 0. The van der Waals surface area contributed by atoms with Crippen LogP contribution in [0.4, 0.5) is 0 Å². The van der Waals surface area contributed by atoms with Gasteiger partial charge in [0.15, 0.2) is 5.78 Å². The van der Waals surface area contributed by atoms with E-state index in [1.165, 1.54) is 61.9 Å². The van der Waals surface area contributed by atoms with Crippen LogP contribution in [0.5, 0.6) is 0 Å². The van der Waals surface area contributed by atoms with Crippen LogP contribution >= 0.6 is 0 Å². The molecule has 3 heterocycles. The van der Waals surface area contributed by atoms with Crippen LogP contribution in [0.3, 0.4) is 0 Å². The lowest BCUT2D eigenvalue weighted by Gasteiger charge is -2.31. The second kappa shape index (κ2) is 13.8. The summed E-state index contributed by atoms with van der Waals surface area (Å²) in [5.74, 6) is 1.71. The van der Waals surface area contributed by atoms with Crippen molar-refractivity contribution in [3.63, 3.8) is 0 Å². The Hall–Kier alpha value is -2.82. The average Bonchev–Trinajstić information content (AvgIpc) is 3.19. The third kappa shape index (κ3) is 8.09. The predicted molar refractivity (Wildman–Crippen MR) is 155 cm³/mol. The van der Waals surface area contributed by atoms with Crippen molar-refractivity contribution >= 4 is 5.78 Å². The number of rotatable bonds is 10. The van der Waals surface area contributed by atoms with E-state index in [1.807, 2.05) is 18.5 Å². The van der Waals surface area contributed by atoms with Gasteiger partial charge in [0.1, 0.15) is 0 Å². The van der Waals surface area contributed by atoms with Crippen molar-refractivity contribution in [3.05, 3.63) is 101 Å². The van der Waals surface area contributed by atoms with Crippen LogP contribution in [-0.4, -0.2) is 46.7 Å².